The number of H-pyrrole nitrogens is 1. The number of aromatic amines is 1. The highest BCUT2D eigenvalue weighted by Crippen LogP contribution is 2.24. The van der Waals surface area contributed by atoms with Gasteiger partial charge in [0.15, 0.2) is 5.82 Å². The van der Waals surface area contributed by atoms with Crippen molar-refractivity contribution in [3.63, 3.8) is 0 Å². The molecular formula is C18H25N5O2. The van der Waals surface area contributed by atoms with Crippen LogP contribution in [0, 0.1) is 5.92 Å². The summed E-state index contributed by atoms with van der Waals surface area (Å²) in [6, 6.07) is 7.62. The molecule has 0 amide bonds. The molecule has 25 heavy (non-hydrogen) atoms. The second-order valence-electron chi connectivity index (χ2n) is 7.23. The summed E-state index contributed by atoms with van der Waals surface area (Å²) in [5.74, 6) is 1.66. The molecule has 1 aromatic carbocycles. The average Bonchev–Trinajstić information content (AvgIpc) is 2.53. The predicted molar refractivity (Wildman–Crippen MR) is 99.3 cm³/mol. The van der Waals surface area contributed by atoms with Gasteiger partial charge in [-0.25, -0.2) is 9.89 Å². The molecule has 7 nitrogen and oxygen atoms in total. The van der Waals surface area contributed by atoms with Gasteiger partial charge >= 0.3 is 5.69 Å². The maximum atomic E-state index is 11.4. The van der Waals surface area contributed by atoms with Gasteiger partial charge in [0, 0.05) is 5.41 Å². The first kappa shape index (κ1) is 18.6. The summed E-state index contributed by atoms with van der Waals surface area (Å²) in [6.45, 7) is 10.9. The maximum Gasteiger partial charge on any atom is 0.363 e. The topological polar surface area (TPSA) is 92.3 Å². The Hall–Kier alpha value is -2.70. The van der Waals surface area contributed by atoms with Crippen LogP contribution in [0.1, 0.15) is 45.9 Å². The van der Waals surface area contributed by atoms with Gasteiger partial charge in [-0.1, -0.05) is 34.6 Å². The van der Waals surface area contributed by atoms with Crippen LogP contribution in [0.3, 0.4) is 0 Å². The Bertz CT molecular complexity index is 773. The normalized spacial score (nSPS) is 11.9. The average molecular weight is 343 g/mol. The van der Waals surface area contributed by atoms with E-state index in [0.29, 0.717) is 24.0 Å². The SMILES string of the molecule is CC(C)COc1ccc(/C=N/Nc2nc(=O)[nH]nc2C(C)(C)C)cc1. The van der Waals surface area contributed by atoms with E-state index in [1.165, 1.54) is 0 Å². The second kappa shape index (κ2) is 7.92. The Balaban J connectivity index is 2.06. The third kappa shape index (κ3) is 5.70. The summed E-state index contributed by atoms with van der Waals surface area (Å²) >= 11 is 0. The summed E-state index contributed by atoms with van der Waals surface area (Å²) in [5, 5.41) is 10.6. The molecule has 7 heteroatoms. The minimum atomic E-state index is -0.516. The van der Waals surface area contributed by atoms with Gasteiger partial charge in [0.05, 0.1) is 12.8 Å². The predicted octanol–water partition coefficient (Wildman–Crippen LogP) is 2.94. The van der Waals surface area contributed by atoms with Crippen LogP contribution in [-0.4, -0.2) is 28.0 Å². The van der Waals surface area contributed by atoms with E-state index in [-0.39, 0.29) is 5.41 Å². The molecule has 1 aromatic heterocycles. The Kier molecular flexibility index (Phi) is 5.90. The van der Waals surface area contributed by atoms with Crippen LogP contribution in [0.25, 0.3) is 0 Å². The van der Waals surface area contributed by atoms with E-state index in [4.69, 9.17) is 4.74 Å². The Morgan fingerprint density at radius 3 is 2.56 bits per heavy atom. The second-order valence-corrected chi connectivity index (χ2v) is 7.23. The van der Waals surface area contributed by atoms with Gasteiger partial charge < -0.3 is 4.74 Å². The monoisotopic (exact) mass is 343 g/mol. The number of anilines is 1. The lowest BCUT2D eigenvalue weighted by molar-refractivity contribution is 0.271. The number of hydrogen-bond donors (Lipinski definition) is 2. The van der Waals surface area contributed by atoms with Crippen LogP contribution >= 0.6 is 0 Å². The molecule has 0 saturated heterocycles. The standard InChI is InChI=1S/C18H25N5O2/c1-12(2)11-25-14-8-6-13(7-9-14)10-19-22-16-15(18(3,4)5)21-23-17(24)20-16/h6-10,12H,11H2,1-5H3,(H2,20,22,23,24)/b19-10+. The summed E-state index contributed by atoms with van der Waals surface area (Å²) in [5.41, 5.74) is 3.56. The van der Waals surface area contributed by atoms with Crippen molar-refractivity contribution in [3.8, 4) is 5.75 Å². The van der Waals surface area contributed by atoms with E-state index in [1.807, 2.05) is 45.0 Å². The molecule has 0 bridgehead atoms. The van der Waals surface area contributed by atoms with E-state index in [2.05, 4.69) is 39.6 Å². The molecule has 0 saturated carbocycles. The first-order valence-corrected chi connectivity index (χ1v) is 8.25. The number of benzene rings is 1. The number of nitrogens with zero attached hydrogens (tertiary/aromatic N) is 3. The molecule has 2 rings (SSSR count). The highest BCUT2D eigenvalue weighted by molar-refractivity contribution is 5.80. The lowest BCUT2D eigenvalue weighted by atomic mass is 9.92. The van der Waals surface area contributed by atoms with Crippen LogP contribution in [0.5, 0.6) is 5.75 Å². The van der Waals surface area contributed by atoms with Crippen LogP contribution in [-0.2, 0) is 5.41 Å². The molecule has 0 aliphatic rings. The van der Waals surface area contributed by atoms with Gasteiger partial charge in [-0.15, -0.1) is 0 Å². The van der Waals surface area contributed by atoms with Crippen LogP contribution < -0.4 is 15.9 Å². The van der Waals surface area contributed by atoms with Gasteiger partial charge in [0.1, 0.15) is 11.4 Å². The molecule has 134 valence electrons. The summed E-state index contributed by atoms with van der Waals surface area (Å²) < 4.78 is 5.65. The van der Waals surface area contributed by atoms with Crippen molar-refractivity contribution in [3.05, 3.63) is 46.0 Å². The Labute approximate surface area is 147 Å². The zero-order chi connectivity index (χ0) is 18.4. The van der Waals surface area contributed by atoms with Gasteiger partial charge in [-0.05, 0) is 35.7 Å². The highest BCUT2D eigenvalue weighted by atomic mass is 16.5. The van der Waals surface area contributed by atoms with Crippen molar-refractivity contribution in [2.45, 2.75) is 40.0 Å². The van der Waals surface area contributed by atoms with Crippen molar-refractivity contribution in [1.82, 2.24) is 15.2 Å². The molecule has 0 atom stereocenters. The number of hydrazone groups is 1. The van der Waals surface area contributed by atoms with Crippen molar-refractivity contribution >= 4 is 12.0 Å². The molecule has 0 unspecified atom stereocenters. The number of nitrogens with one attached hydrogen (secondary N) is 2. The Morgan fingerprint density at radius 1 is 1.28 bits per heavy atom. The highest BCUT2D eigenvalue weighted by Gasteiger charge is 2.21. The zero-order valence-corrected chi connectivity index (χ0v) is 15.3. The minimum absolute atomic E-state index is 0.273. The van der Waals surface area contributed by atoms with E-state index in [9.17, 15) is 4.79 Å². The van der Waals surface area contributed by atoms with Gasteiger partial charge in [-0.3, -0.25) is 5.43 Å². The van der Waals surface area contributed by atoms with Gasteiger partial charge in [0.2, 0.25) is 0 Å². The molecule has 0 spiro atoms. The van der Waals surface area contributed by atoms with Crippen LogP contribution in [0.4, 0.5) is 5.82 Å². The quantitative estimate of drug-likeness (QED) is 0.621. The Morgan fingerprint density at radius 2 is 1.96 bits per heavy atom. The molecular weight excluding hydrogens is 318 g/mol. The minimum Gasteiger partial charge on any atom is -0.493 e. The number of hydrogen-bond acceptors (Lipinski definition) is 6. The fraction of sp³-hybridized carbons (Fsp3) is 0.444. The molecule has 0 fully saturated rings. The summed E-state index contributed by atoms with van der Waals surface area (Å²) in [4.78, 5) is 15.3. The fourth-order valence-electron chi connectivity index (χ4n) is 2.02. The molecule has 0 aliphatic carbocycles. The molecule has 1 heterocycles. The van der Waals surface area contributed by atoms with Crippen molar-refractivity contribution < 1.29 is 4.74 Å². The van der Waals surface area contributed by atoms with Gasteiger partial charge in [-0.2, -0.15) is 15.2 Å². The van der Waals surface area contributed by atoms with E-state index in [0.717, 1.165) is 11.3 Å². The largest absolute Gasteiger partial charge is 0.493 e. The first-order valence-electron chi connectivity index (χ1n) is 8.25. The van der Waals surface area contributed by atoms with Crippen LogP contribution in [0.2, 0.25) is 0 Å². The summed E-state index contributed by atoms with van der Waals surface area (Å²) in [6.07, 6.45) is 1.65. The first-order chi connectivity index (χ1) is 11.8. The third-order valence-electron chi connectivity index (χ3n) is 3.26. The number of aromatic nitrogens is 3. The smallest absolute Gasteiger partial charge is 0.363 e. The van der Waals surface area contributed by atoms with E-state index >= 15 is 0 Å². The number of rotatable bonds is 6. The molecule has 2 aromatic rings. The van der Waals surface area contributed by atoms with E-state index < -0.39 is 5.69 Å². The van der Waals surface area contributed by atoms with Crippen molar-refractivity contribution in [2.75, 3.05) is 12.0 Å². The third-order valence-corrected chi connectivity index (χ3v) is 3.26. The fourth-order valence-corrected chi connectivity index (χ4v) is 2.02. The molecule has 0 aliphatic heterocycles. The lowest BCUT2D eigenvalue weighted by Gasteiger charge is -2.18. The van der Waals surface area contributed by atoms with Crippen molar-refractivity contribution in [1.29, 1.82) is 0 Å². The number of ether oxygens (including phenoxy) is 1. The lowest BCUT2D eigenvalue weighted by Crippen LogP contribution is -2.24. The van der Waals surface area contributed by atoms with E-state index in [1.54, 1.807) is 6.21 Å². The van der Waals surface area contributed by atoms with Crippen LogP contribution in [0.15, 0.2) is 34.2 Å². The molecule has 0 radical (unpaired) electrons. The van der Waals surface area contributed by atoms with Crippen molar-refractivity contribution in [2.24, 2.45) is 11.0 Å². The zero-order valence-electron chi connectivity index (χ0n) is 15.3. The molecule has 2 N–H and O–H groups in total. The maximum absolute atomic E-state index is 11.4. The summed E-state index contributed by atoms with van der Waals surface area (Å²) in [7, 11) is 0. The van der Waals surface area contributed by atoms with Gasteiger partial charge in [0.25, 0.3) is 0 Å².